The quantitative estimate of drug-likeness (QED) is 0.298. The van der Waals surface area contributed by atoms with Crippen LogP contribution < -0.4 is 16.4 Å². The lowest BCUT2D eigenvalue weighted by molar-refractivity contribution is -0.146. The summed E-state index contributed by atoms with van der Waals surface area (Å²) in [5.74, 6) is -4.89. The SMILES string of the molecule is CC(C)C(NC(=O)C1CCCN1C(=O)C(NC(=O)C(N)CC(=O)O)C(C)C)C(=O)O. The highest BCUT2D eigenvalue weighted by molar-refractivity contribution is 5.95. The van der Waals surface area contributed by atoms with Gasteiger partial charge in [0.1, 0.15) is 18.1 Å². The van der Waals surface area contributed by atoms with Crippen molar-refractivity contribution in [2.24, 2.45) is 17.6 Å². The van der Waals surface area contributed by atoms with Crippen LogP contribution >= 0.6 is 0 Å². The number of nitrogens with one attached hydrogen (secondary N) is 2. The Labute approximate surface area is 175 Å². The third-order valence-corrected chi connectivity index (χ3v) is 5.03. The van der Waals surface area contributed by atoms with Crippen molar-refractivity contribution >= 4 is 29.7 Å². The van der Waals surface area contributed by atoms with Gasteiger partial charge in [-0.1, -0.05) is 27.7 Å². The summed E-state index contributed by atoms with van der Waals surface area (Å²) in [6, 6.07) is -4.23. The highest BCUT2D eigenvalue weighted by Crippen LogP contribution is 2.21. The number of carbonyl (C=O) groups is 5. The lowest BCUT2D eigenvalue weighted by Crippen LogP contribution is -2.58. The molecule has 1 rings (SSSR count). The predicted octanol–water partition coefficient (Wildman–Crippen LogP) is -0.854. The molecule has 1 aliphatic heterocycles. The molecule has 0 aromatic carbocycles. The molecule has 170 valence electrons. The summed E-state index contributed by atoms with van der Waals surface area (Å²) >= 11 is 0. The van der Waals surface area contributed by atoms with Gasteiger partial charge in [-0.15, -0.1) is 0 Å². The molecule has 0 aromatic rings. The van der Waals surface area contributed by atoms with Crippen LogP contribution in [-0.4, -0.2) is 75.5 Å². The van der Waals surface area contributed by atoms with Crippen molar-refractivity contribution in [2.75, 3.05) is 6.54 Å². The topological polar surface area (TPSA) is 179 Å². The Hall–Kier alpha value is -2.69. The molecule has 0 spiro atoms. The zero-order chi connectivity index (χ0) is 23.2. The molecule has 1 aliphatic rings. The Kier molecular flexibility index (Phi) is 9.22. The fraction of sp³-hybridized carbons (Fsp3) is 0.737. The van der Waals surface area contributed by atoms with Gasteiger partial charge in [0.2, 0.25) is 17.7 Å². The third kappa shape index (κ3) is 6.68. The van der Waals surface area contributed by atoms with Gasteiger partial charge in [-0.2, -0.15) is 0 Å². The molecule has 30 heavy (non-hydrogen) atoms. The smallest absolute Gasteiger partial charge is 0.326 e. The molecule has 3 amide bonds. The average molecular weight is 428 g/mol. The maximum atomic E-state index is 13.1. The first-order valence-electron chi connectivity index (χ1n) is 9.98. The summed E-state index contributed by atoms with van der Waals surface area (Å²) in [5, 5.41) is 23.0. The summed E-state index contributed by atoms with van der Waals surface area (Å²) in [6.45, 7) is 7.03. The lowest BCUT2D eigenvalue weighted by Gasteiger charge is -2.31. The van der Waals surface area contributed by atoms with Gasteiger partial charge in [0.15, 0.2) is 0 Å². The van der Waals surface area contributed by atoms with Crippen molar-refractivity contribution in [3.8, 4) is 0 Å². The van der Waals surface area contributed by atoms with E-state index in [-0.39, 0.29) is 18.4 Å². The molecule has 0 aromatic heterocycles. The van der Waals surface area contributed by atoms with Crippen LogP contribution in [-0.2, 0) is 24.0 Å². The van der Waals surface area contributed by atoms with E-state index < -0.39 is 60.2 Å². The molecule has 6 N–H and O–H groups in total. The molecule has 0 saturated carbocycles. The number of likely N-dealkylation sites (tertiary alicyclic amines) is 1. The largest absolute Gasteiger partial charge is 0.481 e. The monoisotopic (exact) mass is 428 g/mol. The first kappa shape index (κ1) is 25.3. The average Bonchev–Trinajstić information content (AvgIpc) is 3.11. The summed E-state index contributed by atoms with van der Waals surface area (Å²) < 4.78 is 0. The Morgan fingerprint density at radius 1 is 1.00 bits per heavy atom. The minimum atomic E-state index is -1.31. The second-order valence-corrected chi connectivity index (χ2v) is 8.19. The highest BCUT2D eigenvalue weighted by Gasteiger charge is 2.40. The van der Waals surface area contributed by atoms with Crippen molar-refractivity contribution in [3.05, 3.63) is 0 Å². The number of nitrogens with two attached hydrogens (primary N) is 1. The molecule has 4 unspecified atom stereocenters. The maximum Gasteiger partial charge on any atom is 0.326 e. The number of rotatable bonds is 10. The number of amides is 3. The highest BCUT2D eigenvalue weighted by atomic mass is 16.4. The van der Waals surface area contributed by atoms with E-state index in [1.807, 2.05) is 0 Å². The normalized spacial score (nSPS) is 19.3. The first-order chi connectivity index (χ1) is 13.9. The van der Waals surface area contributed by atoms with Gasteiger partial charge >= 0.3 is 11.9 Å². The first-order valence-corrected chi connectivity index (χ1v) is 9.98. The summed E-state index contributed by atoms with van der Waals surface area (Å²) in [5.41, 5.74) is 5.57. The van der Waals surface area contributed by atoms with Crippen LogP contribution in [0.15, 0.2) is 0 Å². The number of carboxylic acids is 2. The molecule has 1 saturated heterocycles. The van der Waals surface area contributed by atoms with Crippen LogP contribution in [0.1, 0.15) is 47.0 Å². The fourth-order valence-corrected chi connectivity index (χ4v) is 3.30. The minimum absolute atomic E-state index is 0.288. The lowest BCUT2D eigenvalue weighted by atomic mass is 10.0. The van der Waals surface area contributed by atoms with Crippen molar-refractivity contribution < 1.29 is 34.2 Å². The van der Waals surface area contributed by atoms with Gasteiger partial charge in [0.25, 0.3) is 0 Å². The van der Waals surface area contributed by atoms with Crippen molar-refractivity contribution in [1.29, 1.82) is 0 Å². The zero-order valence-electron chi connectivity index (χ0n) is 17.8. The van der Waals surface area contributed by atoms with Gasteiger partial charge < -0.3 is 31.5 Å². The van der Waals surface area contributed by atoms with E-state index in [1.165, 1.54) is 4.90 Å². The van der Waals surface area contributed by atoms with E-state index in [4.69, 9.17) is 10.8 Å². The second-order valence-electron chi connectivity index (χ2n) is 8.19. The molecule has 1 heterocycles. The maximum absolute atomic E-state index is 13.1. The molecule has 11 heteroatoms. The Bertz CT molecular complexity index is 680. The number of carboxylic acid groups (broad SMARTS) is 2. The van der Waals surface area contributed by atoms with Gasteiger partial charge in [-0.05, 0) is 24.7 Å². The molecular formula is C19H32N4O7. The van der Waals surface area contributed by atoms with E-state index >= 15 is 0 Å². The van der Waals surface area contributed by atoms with Crippen LogP contribution in [0.3, 0.4) is 0 Å². The van der Waals surface area contributed by atoms with Crippen LogP contribution in [0.4, 0.5) is 0 Å². The Morgan fingerprint density at radius 2 is 1.57 bits per heavy atom. The summed E-state index contributed by atoms with van der Waals surface area (Å²) in [4.78, 5) is 61.4. The fourth-order valence-electron chi connectivity index (χ4n) is 3.30. The van der Waals surface area contributed by atoms with Gasteiger partial charge in [0.05, 0.1) is 12.5 Å². The third-order valence-electron chi connectivity index (χ3n) is 5.03. The van der Waals surface area contributed by atoms with E-state index in [0.717, 1.165) is 0 Å². The number of hydrogen-bond donors (Lipinski definition) is 5. The number of hydrogen-bond acceptors (Lipinski definition) is 6. The predicted molar refractivity (Wildman–Crippen MR) is 106 cm³/mol. The van der Waals surface area contributed by atoms with Crippen LogP contribution in [0.25, 0.3) is 0 Å². The molecule has 4 atom stereocenters. The molecule has 0 aliphatic carbocycles. The Balaban J connectivity index is 2.93. The summed E-state index contributed by atoms with van der Waals surface area (Å²) in [7, 11) is 0. The number of aliphatic carboxylic acids is 2. The molecule has 0 bridgehead atoms. The van der Waals surface area contributed by atoms with Crippen molar-refractivity contribution in [2.45, 2.75) is 71.1 Å². The molecule has 0 radical (unpaired) electrons. The van der Waals surface area contributed by atoms with Crippen LogP contribution in [0, 0.1) is 11.8 Å². The minimum Gasteiger partial charge on any atom is -0.481 e. The van der Waals surface area contributed by atoms with E-state index in [2.05, 4.69) is 10.6 Å². The number of carbonyl (C=O) groups excluding carboxylic acids is 3. The number of nitrogens with zero attached hydrogens (tertiary/aromatic N) is 1. The molecule has 11 nitrogen and oxygen atoms in total. The zero-order valence-corrected chi connectivity index (χ0v) is 17.8. The van der Waals surface area contributed by atoms with E-state index in [0.29, 0.717) is 12.8 Å². The standard InChI is InChI=1S/C19H32N4O7/c1-9(2)14(21-16(26)11(20)8-13(24)25)18(28)23-7-5-6-12(23)17(27)22-15(10(3)4)19(29)30/h9-12,14-15H,5-8,20H2,1-4H3,(H,21,26)(H,22,27)(H,24,25)(H,29,30). The van der Waals surface area contributed by atoms with Crippen molar-refractivity contribution in [1.82, 2.24) is 15.5 Å². The van der Waals surface area contributed by atoms with Crippen LogP contribution in [0.2, 0.25) is 0 Å². The van der Waals surface area contributed by atoms with E-state index in [9.17, 15) is 29.1 Å². The molecular weight excluding hydrogens is 396 g/mol. The van der Waals surface area contributed by atoms with Crippen LogP contribution in [0.5, 0.6) is 0 Å². The molecule has 1 fully saturated rings. The van der Waals surface area contributed by atoms with E-state index in [1.54, 1.807) is 27.7 Å². The van der Waals surface area contributed by atoms with Gasteiger partial charge in [0, 0.05) is 6.54 Å². The van der Waals surface area contributed by atoms with Crippen molar-refractivity contribution in [3.63, 3.8) is 0 Å². The van der Waals surface area contributed by atoms with Gasteiger partial charge in [-0.25, -0.2) is 4.79 Å². The van der Waals surface area contributed by atoms with Gasteiger partial charge in [-0.3, -0.25) is 19.2 Å². The second kappa shape index (κ2) is 10.9. The summed E-state index contributed by atoms with van der Waals surface area (Å²) in [6.07, 6.45) is 0.352. The Morgan fingerprint density at radius 3 is 2.03 bits per heavy atom.